The molecule has 8 heteroatoms. The van der Waals surface area contributed by atoms with E-state index >= 15 is 0 Å². The molecule has 1 aliphatic carbocycles. The fourth-order valence-corrected chi connectivity index (χ4v) is 3.75. The molecule has 1 fully saturated rings. The highest BCUT2D eigenvalue weighted by Crippen LogP contribution is 2.32. The third-order valence-corrected chi connectivity index (χ3v) is 5.51. The molecule has 0 radical (unpaired) electrons. The summed E-state index contributed by atoms with van der Waals surface area (Å²) in [6, 6.07) is 13.8. The number of benzene rings is 2. The number of nitrogens with one attached hydrogen (secondary N) is 1. The van der Waals surface area contributed by atoms with Crippen molar-refractivity contribution < 1.29 is 31.9 Å². The van der Waals surface area contributed by atoms with E-state index in [1.807, 2.05) is 0 Å². The van der Waals surface area contributed by atoms with Gasteiger partial charge in [0, 0.05) is 11.3 Å². The smallest absolute Gasteiger partial charge is 0.416 e. The molecule has 0 aliphatic heterocycles. The molecule has 0 bridgehead atoms. The van der Waals surface area contributed by atoms with Crippen LogP contribution in [0.4, 0.5) is 18.9 Å². The van der Waals surface area contributed by atoms with Crippen molar-refractivity contribution in [1.82, 2.24) is 0 Å². The molecule has 0 atom stereocenters. The van der Waals surface area contributed by atoms with Gasteiger partial charge in [-0.3, -0.25) is 4.79 Å². The molecule has 1 amide bonds. The Hall–Kier alpha value is -3.55. The van der Waals surface area contributed by atoms with E-state index in [1.54, 1.807) is 24.3 Å². The highest BCUT2D eigenvalue weighted by molar-refractivity contribution is 6.02. The van der Waals surface area contributed by atoms with Gasteiger partial charge >= 0.3 is 12.1 Å². The Morgan fingerprint density at radius 1 is 0.939 bits per heavy atom. The van der Waals surface area contributed by atoms with Crippen molar-refractivity contribution in [2.45, 2.75) is 44.4 Å². The van der Waals surface area contributed by atoms with Gasteiger partial charge in [-0.25, -0.2) is 4.79 Å². The van der Waals surface area contributed by atoms with Gasteiger partial charge in [0.1, 0.15) is 11.9 Å². The van der Waals surface area contributed by atoms with Crippen LogP contribution < -0.4 is 5.32 Å². The first-order valence-corrected chi connectivity index (χ1v) is 10.7. The lowest BCUT2D eigenvalue weighted by Gasteiger charge is -2.21. The molecule has 1 aliphatic rings. The average Bonchev–Trinajstić information content (AvgIpc) is 3.30. The largest absolute Gasteiger partial charge is 0.459 e. The van der Waals surface area contributed by atoms with Crippen LogP contribution in [0.15, 0.2) is 65.1 Å². The number of furan rings is 1. The molecule has 1 heterocycles. The summed E-state index contributed by atoms with van der Waals surface area (Å²) >= 11 is 0. The normalized spacial score (nSPS) is 14.6. The van der Waals surface area contributed by atoms with Crippen LogP contribution in [0.25, 0.3) is 11.3 Å². The quantitative estimate of drug-likeness (QED) is 0.433. The summed E-state index contributed by atoms with van der Waals surface area (Å²) in [7, 11) is 0. The number of halogens is 3. The topological polar surface area (TPSA) is 68.5 Å². The van der Waals surface area contributed by atoms with E-state index in [1.165, 1.54) is 30.7 Å². The van der Waals surface area contributed by atoms with Crippen LogP contribution in [0.1, 0.15) is 58.6 Å². The van der Waals surface area contributed by atoms with E-state index in [2.05, 4.69) is 5.32 Å². The van der Waals surface area contributed by atoms with E-state index in [0.29, 0.717) is 11.3 Å². The van der Waals surface area contributed by atoms with E-state index in [4.69, 9.17) is 9.15 Å². The van der Waals surface area contributed by atoms with Crippen molar-refractivity contribution in [3.8, 4) is 11.3 Å². The number of ether oxygens (including phenoxy) is 1. The van der Waals surface area contributed by atoms with Crippen molar-refractivity contribution in [3.05, 3.63) is 77.6 Å². The zero-order valence-corrected chi connectivity index (χ0v) is 17.7. The molecular formula is C25H22F3NO4. The molecule has 1 aromatic heterocycles. The fraction of sp³-hybridized carbons (Fsp3) is 0.280. The highest BCUT2D eigenvalue weighted by atomic mass is 19.4. The SMILES string of the molecule is O=C(OC1CCCCC1)c1ccc(NC(=O)c2ccc(-c3cccc(C(F)(F)F)c3)o2)cc1. The number of anilines is 1. The standard InChI is InChI=1S/C25H22F3NO4/c26-25(27,28)18-6-4-5-17(15-18)21-13-14-22(33-21)23(30)29-19-11-9-16(10-12-19)24(31)32-20-7-2-1-3-8-20/h4-6,9-15,20H,1-3,7-8H2,(H,29,30). The van der Waals surface area contributed by atoms with Gasteiger partial charge in [0.2, 0.25) is 0 Å². The molecule has 1 N–H and O–H groups in total. The van der Waals surface area contributed by atoms with Crippen LogP contribution >= 0.6 is 0 Å². The molecule has 0 spiro atoms. The van der Waals surface area contributed by atoms with Crippen molar-refractivity contribution in [1.29, 1.82) is 0 Å². The van der Waals surface area contributed by atoms with Crippen molar-refractivity contribution in [2.75, 3.05) is 5.32 Å². The minimum atomic E-state index is -4.47. The predicted octanol–water partition coefficient (Wildman–Crippen LogP) is 6.71. The third kappa shape index (κ3) is 5.63. The number of esters is 1. The van der Waals surface area contributed by atoms with Crippen LogP contribution in [-0.2, 0) is 10.9 Å². The van der Waals surface area contributed by atoms with Gasteiger partial charge in [-0.15, -0.1) is 0 Å². The monoisotopic (exact) mass is 457 g/mol. The molecule has 0 unspecified atom stereocenters. The van der Waals surface area contributed by atoms with Gasteiger partial charge in [0.05, 0.1) is 11.1 Å². The third-order valence-electron chi connectivity index (χ3n) is 5.51. The molecule has 2 aromatic carbocycles. The van der Waals surface area contributed by atoms with Gasteiger partial charge in [-0.2, -0.15) is 13.2 Å². The fourth-order valence-electron chi connectivity index (χ4n) is 3.75. The first-order chi connectivity index (χ1) is 15.8. The lowest BCUT2D eigenvalue weighted by molar-refractivity contribution is -0.137. The van der Waals surface area contributed by atoms with Gasteiger partial charge < -0.3 is 14.5 Å². The van der Waals surface area contributed by atoms with Gasteiger partial charge in [-0.1, -0.05) is 18.6 Å². The molecule has 33 heavy (non-hydrogen) atoms. The molecule has 5 nitrogen and oxygen atoms in total. The van der Waals surface area contributed by atoms with Crippen LogP contribution in [0.5, 0.6) is 0 Å². The van der Waals surface area contributed by atoms with Crippen LogP contribution in [0.3, 0.4) is 0 Å². The summed E-state index contributed by atoms with van der Waals surface area (Å²) in [5.74, 6) is -0.863. The van der Waals surface area contributed by atoms with Crippen molar-refractivity contribution in [2.24, 2.45) is 0 Å². The minimum absolute atomic E-state index is 0.0457. The summed E-state index contributed by atoms with van der Waals surface area (Å²) < 4.78 is 49.8. The Morgan fingerprint density at radius 3 is 2.36 bits per heavy atom. The maximum absolute atomic E-state index is 12.9. The van der Waals surface area contributed by atoms with Crippen molar-refractivity contribution >= 4 is 17.6 Å². The Morgan fingerprint density at radius 2 is 1.67 bits per heavy atom. The Bertz CT molecular complexity index is 1130. The lowest BCUT2D eigenvalue weighted by atomic mass is 9.98. The number of hydrogen-bond donors (Lipinski definition) is 1. The van der Waals surface area contributed by atoms with Crippen LogP contribution in [-0.4, -0.2) is 18.0 Å². The lowest BCUT2D eigenvalue weighted by Crippen LogP contribution is -2.20. The highest BCUT2D eigenvalue weighted by Gasteiger charge is 2.30. The van der Waals surface area contributed by atoms with E-state index in [9.17, 15) is 22.8 Å². The van der Waals surface area contributed by atoms with Crippen LogP contribution in [0.2, 0.25) is 0 Å². The first kappa shape index (κ1) is 22.6. The zero-order chi connectivity index (χ0) is 23.4. The van der Waals surface area contributed by atoms with Gasteiger partial charge in [0.25, 0.3) is 5.91 Å². The minimum Gasteiger partial charge on any atom is -0.459 e. The van der Waals surface area contributed by atoms with Crippen LogP contribution in [0, 0.1) is 0 Å². The Balaban J connectivity index is 1.39. The maximum Gasteiger partial charge on any atom is 0.416 e. The molecule has 3 aromatic rings. The van der Waals surface area contributed by atoms with Gasteiger partial charge in [0.15, 0.2) is 5.76 Å². The van der Waals surface area contributed by atoms with E-state index < -0.39 is 23.6 Å². The summed E-state index contributed by atoms with van der Waals surface area (Å²) in [6.45, 7) is 0. The molecule has 172 valence electrons. The summed E-state index contributed by atoms with van der Waals surface area (Å²) in [6.07, 6.45) is 0.528. The van der Waals surface area contributed by atoms with Crippen molar-refractivity contribution in [3.63, 3.8) is 0 Å². The number of rotatable bonds is 5. The predicted molar refractivity (Wildman–Crippen MR) is 116 cm³/mol. The second-order valence-electron chi connectivity index (χ2n) is 7.94. The maximum atomic E-state index is 12.9. The number of carbonyl (C=O) groups excluding carboxylic acids is 2. The summed E-state index contributed by atoms with van der Waals surface area (Å²) in [5.41, 5.74) is 0.240. The molecule has 4 rings (SSSR count). The second kappa shape index (κ2) is 9.52. The second-order valence-corrected chi connectivity index (χ2v) is 7.94. The molecule has 0 saturated heterocycles. The Kier molecular flexibility index (Phi) is 6.53. The number of alkyl halides is 3. The Labute approximate surface area is 188 Å². The van der Waals surface area contributed by atoms with Gasteiger partial charge in [-0.05, 0) is 74.2 Å². The summed E-state index contributed by atoms with van der Waals surface area (Å²) in [5, 5.41) is 2.64. The first-order valence-electron chi connectivity index (χ1n) is 10.7. The number of carbonyl (C=O) groups is 2. The zero-order valence-electron chi connectivity index (χ0n) is 17.7. The number of amides is 1. The van der Waals surface area contributed by atoms with E-state index in [0.717, 1.165) is 37.8 Å². The summed E-state index contributed by atoms with van der Waals surface area (Å²) in [4.78, 5) is 24.8. The van der Waals surface area contributed by atoms with E-state index in [-0.39, 0.29) is 23.2 Å². The molecular weight excluding hydrogens is 435 g/mol. The average molecular weight is 457 g/mol. The molecule has 1 saturated carbocycles. The number of hydrogen-bond acceptors (Lipinski definition) is 4.